The van der Waals surface area contributed by atoms with Gasteiger partial charge in [0.05, 0.1) is 6.04 Å². The van der Waals surface area contributed by atoms with Gasteiger partial charge in [0.15, 0.2) is 0 Å². The third-order valence-corrected chi connectivity index (χ3v) is 9.26. The summed E-state index contributed by atoms with van der Waals surface area (Å²) in [5.74, 6) is 1.53. The lowest BCUT2D eigenvalue weighted by molar-refractivity contribution is 0.125. The second-order valence-corrected chi connectivity index (χ2v) is 11.1. The molecule has 1 saturated carbocycles. The first-order valence-electron chi connectivity index (χ1n) is 13.4. The minimum absolute atomic E-state index is 0.547. The van der Waals surface area contributed by atoms with E-state index in [2.05, 4.69) is 65.7 Å². The van der Waals surface area contributed by atoms with Crippen LogP contribution in [0.4, 0.5) is 0 Å². The normalized spacial score (nSPS) is 25.3. The summed E-state index contributed by atoms with van der Waals surface area (Å²) >= 11 is 0. The highest BCUT2D eigenvalue weighted by atomic mass is 16.3. The number of furan rings is 1. The molecule has 170 valence electrons. The lowest BCUT2D eigenvalue weighted by Gasteiger charge is -2.42. The number of hydrogen-bond acceptors (Lipinski definition) is 2. The number of aryl methyl sites for hydroxylation is 1. The average molecular weight is 446 g/mol. The molecule has 3 aromatic carbocycles. The van der Waals surface area contributed by atoms with Gasteiger partial charge < -0.3 is 9.32 Å². The predicted molar refractivity (Wildman–Crippen MR) is 139 cm³/mol. The molecule has 4 aliphatic rings. The highest BCUT2D eigenvalue weighted by Gasteiger charge is 2.41. The SMILES string of the molecule is C1=CN2Cc3cc4oc5c6c(c(-c7ccccc7)cc5c4cc3C2C2CCCCC12)CCCC6. The quantitative estimate of drug-likeness (QED) is 0.293. The van der Waals surface area contributed by atoms with Gasteiger partial charge in [0, 0.05) is 17.3 Å². The Hall–Kier alpha value is -3.00. The molecular formula is C32H31NO. The number of hydrogen-bond donors (Lipinski definition) is 0. The fourth-order valence-corrected chi connectivity index (χ4v) is 7.70. The molecule has 2 aliphatic heterocycles. The molecule has 0 saturated heterocycles. The van der Waals surface area contributed by atoms with Gasteiger partial charge in [-0.3, -0.25) is 0 Å². The van der Waals surface area contributed by atoms with Crippen molar-refractivity contribution < 1.29 is 4.42 Å². The van der Waals surface area contributed by atoms with E-state index in [-0.39, 0.29) is 0 Å². The van der Waals surface area contributed by atoms with Crippen LogP contribution in [0.2, 0.25) is 0 Å². The summed E-state index contributed by atoms with van der Waals surface area (Å²) in [7, 11) is 0. The van der Waals surface area contributed by atoms with Gasteiger partial charge in [-0.15, -0.1) is 0 Å². The molecule has 0 spiro atoms. The van der Waals surface area contributed by atoms with Crippen molar-refractivity contribution in [3.8, 4) is 11.1 Å². The number of fused-ring (bicyclic) bond motifs is 10. The van der Waals surface area contributed by atoms with E-state index in [1.54, 1.807) is 5.56 Å². The lowest BCUT2D eigenvalue weighted by Crippen LogP contribution is -2.34. The highest BCUT2D eigenvalue weighted by molar-refractivity contribution is 6.08. The fourth-order valence-electron chi connectivity index (χ4n) is 7.70. The molecule has 0 bridgehead atoms. The van der Waals surface area contributed by atoms with E-state index in [0.717, 1.165) is 42.4 Å². The van der Waals surface area contributed by atoms with Crippen LogP contribution in [0.1, 0.15) is 66.8 Å². The van der Waals surface area contributed by atoms with Crippen molar-refractivity contribution in [3.05, 3.63) is 83.1 Å². The Morgan fingerprint density at radius 3 is 2.59 bits per heavy atom. The van der Waals surface area contributed by atoms with Crippen LogP contribution < -0.4 is 0 Å². The monoisotopic (exact) mass is 445 g/mol. The molecule has 8 rings (SSSR count). The number of allylic oxidation sites excluding steroid dienone is 1. The van der Waals surface area contributed by atoms with Gasteiger partial charge in [0.1, 0.15) is 11.2 Å². The molecule has 34 heavy (non-hydrogen) atoms. The van der Waals surface area contributed by atoms with E-state index in [1.807, 2.05) is 0 Å². The Morgan fingerprint density at radius 1 is 0.824 bits per heavy atom. The summed E-state index contributed by atoms with van der Waals surface area (Å²) in [5, 5.41) is 2.64. The molecule has 3 unspecified atom stereocenters. The van der Waals surface area contributed by atoms with E-state index < -0.39 is 0 Å². The molecule has 3 heterocycles. The molecule has 2 aliphatic carbocycles. The third-order valence-electron chi connectivity index (χ3n) is 9.26. The fraction of sp³-hybridized carbons (Fsp3) is 0.375. The summed E-state index contributed by atoms with van der Waals surface area (Å²) in [6, 6.07) is 18.9. The maximum absolute atomic E-state index is 6.69. The Labute approximate surface area is 201 Å². The van der Waals surface area contributed by atoms with Gasteiger partial charge in [-0.05, 0) is 108 Å². The lowest BCUT2D eigenvalue weighted by atomic mass is 9.72. The van der Waals surface area contributed by atoms with Crippen molar-refractivity contribution in [1.29, 1.82) is 0 Å². The Morgan fingerprint density at radius 2 is 1.68 bits per heavy atom. The average Bonchev–Trinajstić information content (AvgIpc) is 3.45. The van der Waals surface area contributed by atoms with Gasteiger partial charge in [0.2, 0.25) is 0 Å². The van der Waals surface area contributed by atoms with Gasteiger partial charge >= 0.3 is 0 Å². The van der Waals surface area contributed by atoms with Crippen LogP contribution in [-0.2, 0) is 19.4 Å². The zero-order valence-electron chi connectivity index (χ0n) is 19.7. The molecule has 2 nitrogen and oxygen atoms in total. The van der Waals surface area contributed by atoms with E-state index >= 15 is 0 Å². The molecular weight excluding hydrogens is 414 g/mol. The molecule has 1 aromatic heterocycles. The number of nitrogens with zero attached hydrogens (tertiary/aromatic N) is 1. The van der Waals surface area contributed by atoms with Crippen LogP contribution in [0.5, 0.6) is 0 Å². The first-order chi connectivity index (χ1) is 16.8. The Kier molecular flexibility index (Phi) is 4.12. The second-order valence-electron chi connectivity index (χ2n) is 11.1. The van der Waals surface area contributed by atoms with Crippen LogP contribution in [0.3, 0.4) is 0 Å². The Balaban J connectivity index is 1.36. The van der Waals surface area contributed by atoms with E-state index in [9.17, 15) is 0 Å². The summed E-state index contributed by atoms with van der Waals surface area (Å²) in [5.41, 5.74) is 11.0. The standard InChI is InChI=1S/C32H31NO/c1-2-8-20(9-3-1)26-17-29-28-18-27-22(16-30(28)34-32(29)25-13-7-6-12-24(25)26)19-33-15-14-21-10-4-5-11-23(21)31(27)33/h1-3,8-9,14-18,21,23,31H,4-7,10-13,19H2. The minimum atomic E-state index is 0.547. The summed E-state index contributed by atoms with van der Waals surface area (Å²) in [6.07, 6.45) is 15.3. The van der Waals surface area contributed by atoms with Crippen molar-refractivity contribution in [3.63, 3.8) is 0 Å². The Bertz CT molecular complexity index is 1460. The molecule has 4 aromatic rings. The maximum Gasteiger partial charge on any atom is 0.138 e. The summed E-state index contributed by atoms with van der Waals surface area (Å²) < 4.78 is 6.69. The smallest absolute Gasteiger partial charge is 0.138 e. The highest BCUT2D eigenvalue weighted by Crippen LogP contribution is 2.51. The van der Waals surface area contributed by atoms with E-state index in [4.69, 9.17) is 4.42 Å². The van der Waals surface area contributed by atoms with Gasteiger partial charge in [0.25, 0.3) is 0 Å². The second kappa shape index (κ2) is 7.25. The van der Waals surface area contributed by atoms with Gasteiger partial charge in [-0.2, -0.15) is 0 Å². The number of rotatable bonds is 1. The van der Waals surface area contributed by atoms with Crippen LogP contribution >= 0.6 is 0 Å². The van der Waals surface area contributed by atoms with Crippen molar-refractivity contribution in [2.24, 2.45) is 11.8 Å². The zero-order valence-corrected chi connectivity index (χ0v) is 19.7. The first kappa shape index (κ1) is 19.3. The first-order valence-corrected chi connectivity index (χ1v) is 13.4. The predicted octanol–water partition coefficient (Wildman–Crippen LogP) is 8.32. The number of benzene rings is 3. The van der Waals surface area contributed by atoms with Crippen molar-refractivity contribution >= 4 is 21.9 Å². The molecule has 1 fully saturated rings. The van der Waals surface area contributed by atoms with Gasteiger partial charge in [-0.25, -0.2) is 0 Å². The molecule has 3 atom stereocenters. The minimum Gasteiger partial charge on any atom is -0.456 e. The summed E-state index contributed by atoms with van der Waals surface area (Å²) in [6.45, 7) is 1.03. The topological polar surface area (TPSA) is 16.4 Å². The van der Waals surface area contributed by atoms with Crippen molar-refractivity contribution in [1.82, 2.24) is 4.90 Å². The van der Waals surface area contributed by atoms with Crippen molar-refractivity contribution in [2.45, 2.75) is 64.0 Å². The van der Waals surface area contributed by atoms with Crippen LogP contribution in [0.25, 0.3) is 33.1 Å². The third kappa shape index (κ3) is 2.69. The largest absolute Gasteiger partial charge is 0.456 e. The van der Waals surface area contributed by atoms with Gasteiger partial charge in [-0.1, -0.05) is 49.2 Å². The van der Waals surface area contributed by atoms with Crippen LogP contribution in [0.15, 0.2) is 65.2 Å². The maximum atomic E-state index is 6.69. The van der Waals surface area contributed by atoms with Crippen LogP contribution in [0, 0.1) is 11.8 Å². The zero-order chi connectivity index (χ0) is 22.2. The molecule has 0 amide bonds. The molecule has 2 heteroatoms. The van der Waals surface area contributed by atoms with Crippen LogP contribution in [-0.4, -0.2) is 4.90 Å². The summed E-state index contributed by atoms with van der Waals surface area (Å²) in [4.78, 5) is 2.61. The molecule has 0 N–H and O–H groups in total. The van der Waals surface area contributed by atoms with Crippen molar-refractivity contribution in [2.75, 3.05) is 0 Å². The molecule has 0 radical (unpaired) electrons. The van der Waals surface area contributed by atoms with E-state index in [0.29, 0.717) is 6.04 Å². The van der Waals surface area contributed by atoms with E-state index in [1.165, 1.54) is 77.1 Å².